The number of fused-ring (bicyclic) bond motifs is 2. The molecule has 0 radical (unpaired) electrons. The van der Waals surface area contributed by atoms with Gasteiger partial charge < -0.3 is 34.6 Å². The highest BCUT2D eigenvalue weighted by atomic mass is 16.5. The number of rotatable bonds is 19. The third kappa shape index (κ3) is 10.3. The number of carboxylic acid groups (broad SMARTS) is 1. The molecule has 1 aromatic heterocycles. The zero-order chi connectivity index (χ0) is 43.0. The first-order chi connectivity index (χ1) is 28.1. The summed E-state index contributed by atoms with van der Waals surface area (Å²) in [6.45, 7) is 11.2. The van der Waals surface area contributed by atoms with Crippen LogP contribution < -0.4 is 14.8 Å². The third-order valence-electron chi connectivity index (χ3n) is 12.5. The van der Waals surface area contributed by atoms with Crippen molar-refractivity contribution in [1.29, 1.82) is 0 Å². The number of ether oxygens (including phenoxy) is 2. The Morgan fingerprint density at radius 3 is 2.20 bits per heavy atom. The average molecular weight is 815 g/mol. The van der Waals surface area contributed by atoms with Gasteiger partial charge in [0.05, 0.1) is 31.2 Å². The van der Waals surface area contributed by atoms with Crippen LogP contribution >= 0.6 is 0 Å². The number of carboxylic acids is 1. The molecule has 2 aromatic carbocycles. The Morgan fingerprint density at radius 2 is 1.59 bits per heavy atom. The number of aromatic nitrogens is 2. The molecule has 0 aliphatic heterocycles. The molecule has 0 spiro atoms. The second-order valence-electron chi connectivity index (χ2n) is 17.2. The largest absolute Gasteiger partial charge is 0.496 e. The smallest absolute Gasteiger partial charge is 0.329 e. The molecule has 2 N–H and O–H groups in total. The number of methoxy groups -OCH3 is 2. The van der Waals surface area contributed by atoms with Crippen LogP contribution in [0.25, 0.3) is 16.9 Å². The van der Waals surface area contributed by atoms with Crippen molar-refractivity contribution in [3.63, 3.8) is 0 Å². The molecule has 4 unspecified atom stereocenters. The molecule has 13 heteroatoms. The highest BCUT2D eigenvalue weighted by Gasteiger charge is 2.53. The van der Waals surface area contributed by atoms with Crippen molar-refractivity contribution in [2.24, 2.45) is 17.8 Å². The Balaban J connectivity index is 1.41. The summed E-state index contributed by atoms with van der Waals surface area (Å²) in [5.74, 6) is 0.185. The predicted molar refractivity (Wildman–Crippen MR) is 229 cm³/mol. The van der Waals surface area contributed by atoms with Crippen molar-refractivity contribution < 1.29 is 33.8 Å². The summed E-state index contributed by atoms with van der Waals surface area (Å²) in [5.41, 5.74) is 1.83. The summed E-state index contributed by atoms with van der Waals surface area (Å²) in [6.07, 6.45) is 6.86. The van der Waals surface area contributed by atoms with E-state index in [1.165, 1.54) is 0 Å². The van der Waals surface area contributed by atoms with Crippen LogP contribution in [-0.2, 0) is 9.59 Å². The van der Waals surface area contributed by atoms with E-state index in [4.69, 9.17) is 14.6 Å². The number of nitrogens with one attached hydrogen (secondary N) is 1. The van der Waals surface area contributed by atoms with Gasteiger partial charge in [-0.05, 0) is 137 Å². The van der Waals surface area contributed by atoms with E-state index in [1.807, 2.05) is 65.2 Å². The third-order valence-corrected chi connectivity index (χ3v) is 12.5. The Kier molecular flexibility index (Phi) is 15.2. The molecule has 3 aromatic rings. The summed E-state index contributed by atoms with van der Waals surface area (Å²) in [5, 5.41) is 18.6. The first-order valence-electron chi connectivity index (χ1n) is 21.3. The van der Waals surface area contributed by atoms with Gasteiger partial charge in [0.15, 0.2) is 5.69 Å². The Labute approximate surface area is 350 Å². The van der Waals surface area contributed by atoms with Crippen molar-refractivity contribution in [1.82, 2.24) is 29.8 Å². The summed E-state index contributed by atoms with van der Waals surface area (Å²) in [6, 6.07) is 12.6. The van der Waals surface area contributed by atoms with E-state index in [1.54, 1.807) is 40.8 Å². The van der Waals surface area contributed by atoms with E-state index in [0.29, 0.717) is 65.2 Å². The quantitative estimate of drug-likeness (QED) is 0.129. The number of carbonyl (C=O) groups excluding carboxylic acids is 3. The second-order valence-corrected chi connectivity index (χ2v) is 17.2. The fourth-order valence-electron chi connectivity index (χ4n) is 9.21. The van der Waals surface area contributed by atoms with Gasteiger partial charge in [-0.1, -0.05) is 33.8 Å². The molecule has 322 valence electrons. The van der Waals surface area contributed by atoms with Gasteiger partial charge in [0.25, 0.3) is 11.8 Å². The second kappa shape index (κ2) is 19.9. The number of hydrogen-bond acceptors (Lipinski definition) is 8. The fraction of sp³-hybridized carbons (Fsp3) is 0.587. The molecule has 59 heavy (non-hydrogen) atoms. The van der Waals surface area contributed by atoms with Crippen molar-refractivity contribution >= 4 is 23.7 Å². The van der Waals surface area contributed by atoms with Crippen LogP contribution in [0.3, 0.4) is 0 Å². The minimum atomic E-state index is -1.38. The maximum atomic E-state index is 14.3. The van der Waals surface area contributed by atoms with Gasteiger partial charge in [0, 0.05) is 39.2 Å². The van der Waals surface area contributed by atoms with Gasteiger partial charge in [-0.15, -0.1) is 0 Å². The normalized spacial score (nSPS) is 20.0. The van der Waals surface area contributed by atoms with E-state index >= 15 is 0 Å². The minimum Gasteiger partial charge on any atom is -0.496 e. The van der Waals surface area contributed by atoms with Crippen LogP contribution in [0, 0.1) is 17.8 Å². The van der Waals surface area contributed by atoms with Gasteiger partial charge in [-0.2, -0.15) is 5.10 Å². The van der Waals surface area contributed by atoms with Gasteiger partial charge >= 0.3 is 5.97 Å². The lowest BCUT2D eigenvalue weighted by Crippen LogP contribution is -2.62. The molecule has 4 atom stereocenters. The van der Waals surface area contributed by atoms with Crippen molar-refractivity contribution in [2.75, 3.05) is 61.5 Å². The number of nitrogens with zero attached hydrogens (tertiary/aromatic N) is 5. The highest BCUT2D eigenvalue weighted by Crippen LogP contribution is 2.48. The SMILES string of the molecule is CCCC(=O)N(C)CCCN(C)CCCN(C)C(=O)c1ccc(-n2nc(C(=O)NC3(C(=O)O)CCC4CC(C)CC3C4)cc2-c2c(OC)cccc2OC)c(C(C)C)c1. The Morgan fingerprint density at radius 1 is 0.932 bits per heavy atom. The van der Waals surface area contributed by atoms with Gasteiger partial charge in [0.2, 0.25) is 5.91 Å². The van der Waals surface area contributed by atoms with Gasteiger partial charge in [0.1, 0.15) is 17.0 Å². The zero-order valence-corrected chi connectivity index (χ0v) is 36.7. The van der Waals surface area contributed by atoms with Crippen LogP contribution in [0.4, 0.5) is 0 Å². The fourth-order valence-corrected chi connectivity index (χ4v) is 9.21. The van der Waals surface area contributed by atoms with Crippen molar-refractivity contribution in [3.8, 4) is 28.4 Å². The monoisotopic (exact) mass is 814 g/mol. The molecule has 0 saturated heterocycles. The van der Waals surface area contributed by atoms with Crippen LogP contribution in [0.2, 0.25) is 0 Å². The summed E-state index contributed by atoms with van der Waals surface area (Å²) in [4.78, 5) is 59.1. The maximum absolute atomic E-state index is 14.3. The van der Waals surface area contributed by atoms with Crippen molar-refractivity contribution in [3.05, 3.63) is 59.3 Å². The van der Waals surface area contributed by atoms with Gasteiger partial charge in [-0.25, -0.2) is 9.48 Å². The molecule has 5 rings (SSSR count). The maximum Gasteiger partial charge on any atom is 0.329 e. The van der Waals surface area contributed by atoms with Crippen molar-refractivity contribution in [2.45, 2.75) is 96.9 Å². The lowest BCUT2D eigenvalue weighted by molar-refractivity contribution is -0.151. The molecule has 2 aliphatic carbocycles. The molecule has 13 nitrogen and oxygen atoms in total. The van der Waals surface area contributed by atoms with E-state index < -0.39 is 17.4 Å². The summed E-state index contributed by atoms with van der Waals surface area (Å²) >= 11 is 0. The Bertz CT molecular complexity index is 1940. The first-order valence-corrected chi connectivity index (χ1v) is 21.3. The lowest BCUT2D eigenvalue weighted by atomic mass is 9.60. The first kappa shape index (κ1) is 45.2. The molecule has 2 saturated carbocycles. The van der Waals surface area contributed by atoms with Crippen LogP contribution in [0.15, 0.2) is 42.5 Å². The number of amides is 3. The standard InChI is InChI=1S/C46H66N6O7/c1-10-14-41(53)50(6)23-12-21-49(5)22-13-24-51(7)44(55)33-17-18-37(35(28-33)30(2)3)52-38(42-39(58-8)15-11-16-40(42)59-9)29-36(48-52)43(54)47-46(45(56)57)20-19-32-25-31(4)26-34(46)27-32/h11,15-18,28-32,34H,10,12-14,19-27H2,1-9H3,(H,47,54)(H,56,57). The molecular weight excluding hydrogens is 749 g/mol. The molecule has 3 amide bonds. The molecule has 2 bridgehead atoms. The van der Waals surface area contributed by atoms with Gasteiger partial charge in [-0.3, -0.25) is 14.4 Å². The van der Waals surface area contributed by atoms with E-state index in [9.17, 15) is 24.3 Å². The zero-order valence-electron chi connectivity index (χ0n) is 36.7. The highest BCUT2D eigenvalue weighted by molar-refractivity contribution is 5.98. The van der Waals surface area contributed by atoms with E-state index in [-0.39, 0.29) is 29.3 Å². The van der Waals surface area contributed by atoms with Crippen LogP contribution in [0.5, 0.6) is 11.5 Å². The Hall–Kier alpha value is -4.91. The summed E-state index contributed by atoms with van der Waals surface area (Å²) in [7, 11) is 8.87. The number of carbonyl (C=O) groups is 4. The summed E-state index contributed by atoms with van der Waals surface area (Å²) < 4.78 is 13.3. The average Bonchev–Trinajstić information content (AvgIpc) is 3.66. The molecule has 2 fully saturated rings. The minimum absolute atomic E-state index is 0.0411. The van der Waals surface area contributed by atoms with Crippen LogP contribution in [0.1, 0.15) is 118 Å². The molecular formula is C46H66N6O7. The van der Waals surface area contributed by atoms with E-state index in [2.05, 4.69) is 24.2 Å². The number of hydrogen-bond donors (Lipinski definition) is 2. The molecule has 1 heterocycles. The number of aliphatic carboxylic acids is 1. The number of benzene rings is 2. The molecule has 2 aliphatic rings. The van der Waals surface area contributed by atoms with E-state index in [0.717, 1.165) is 70.1 Å². The topological polar surface area (TPSA) is 147 Å². The predicted octanol–water partition coefficient (Wildman–Crippen LogP) is 7.12. The van der Waals surface area contributed by atoms with Crippen LogP contribution in [-0.4, -0.2) is 120 Å². The lowest BCUT2D eigenvalue weighted by Gasteiger charge is -2.48.